The average Bonchev–Trinajstić information content (AvgIpc) is 2.82. The largest absolute Gasteiger partial charge is 0.304 e. The van der Waals surface area contributed by atoms with Crippen molar-refractivity contribution >= 4 is 23.6 Å². The second-order valence-corrected chi connectivity index (χ2v) is 5.66. The van der Waals surface area contributed by atoms with E-state index >= 15 is 0 Å². The molecule has 0 saturated heterocycles. The van der Waals surface area contributed by atoms with Crippen molar-refractivity contribution in [2.24, 2.45) is 0 Å². The third kappa shape index (κ3) is 2.81. The van der Waals surface area contributed by atoms with Crippen molar-refractivity contribution in [2.75, 3.05) is 0 Å². The predicted octanol–water partition coefficient (Wildman–Crippen LogP) is 3.07. The quantitative estimate of drug-likeness (QED) is 0.867. The summed E-state index contributed by atoms with van der Waals surface area (Å²) in [5.41, 5.74) is 1.09. The lowest BCUT2D eigenvalue weighted by molar-refractivity contribution is 0.613. The Morgan fingerprint density at radius 3 is 2.88 bits per heavy atom. The van der Waals surface area contributed by atoms with E-state index in [2.05, 4.69) is 39.0 Å². The maximum Gasteiger partial charge on any atom is 0.195 e. The van der Waals surface area contributed by atoms with E-state index in [1.807, 2.05) is 6.92 Å². The lowest BCUT2D eigenvalue weighted by atomic mass is 10.2. The Morgan fingerprint density at radius 2 is 2.29 bits per heavy atom. The molecular formula is C11H16N4S2. The summed E-state index contributed by atoms with van der Waals surface area (Å²) < 4.78 is 2.76. The maximum atomic E-state index is 5.24. The van der Waals surface area contributed by atoms with Crippen LogP contribution in [0.4, 0.5) is 0 Å². The minimum atomic E-state index is 0.376. The van der Waals surface area contributed by atoms with Crippen LogP contribution in [0.15, 0.2) is 5.38 Å². The fourth-order valence-electron chi connectivity index (χ4n) is 1.71. The molecule has 4 nitrogen and oxygen atoms in total. The summed E-state index contributed by atoms with van der Waals surface area (Å²) in [4.78, 5) is 4.45. The van der Waals surface area contributed by atoms with Crippen LogP contribution in [-0.4, -0.2) is 19.7 Å². The van der Waals surface area contributed by atoms with Crippen LogP contribution in [0.5, 0.6) is 0 Å². The molecule has 2 aromatic heterocycles. The van der Waals surface area contributed by atoms with Crippen LogP contribution in [0.1, 0.15) is 36.3 Å². The molecule has 0 bridgehead atoms. The van der Waals surface area contributed by atoms with E-state index in [1.165, 1.54) is 0 Å². The summed E-state index contributed by atoms with van der Waals surface area (Å²) in [5, 5.41) is 10.4. The van der Waals surface area contributed by atoms with Crippen molar-refractivity contribution in [3.63, 3.8) is 0 Å². The Labute approximate surface area is 110 Å². The zero-order valence-corrected chi connectivity index (χ0v) is 11.9. The van der Waals surface area contributed by atoms with Gasteiger partial charge in [0.2, 0.25) is 0 Å². The van der Waals surface area contributed by atoms with Gasteiger partial charge in [-0.25, -0.2) is 4.98 Å². The van der Waals surface area contributed by atoms with Gasteiger partial charge < -0.3 is 4.57 Å². The van der Waals surface area contributed by atoms with Gasteiger partial charge in [-0.1, -0.05) is 13.8 Å². The lowest BCUT2D eigenvalue weighted by Gasteiger charge is -2.07. The zero-order chi connectivity index (χ0) is 12.4. The maximum absolute atomic E-state index is 5.24. The summed E-state index contributed by atoms with van der Waals surface area (Å²) >= 11 is 6.94. The van der Waals surface area contributed by atoms with Gasteiger partial charge in [-0.3, -0.25) is 5.10 Å². The highest BCUT2D eigenvalue weighted by Gasteiger charge is 2.10. The Bertz CT molecular complexity index is 550. The van der Waals surface area contributed by atoms with Gasteiger partial charge in [0.05, 0.1) is 5.01 Å². The van der Waals surface area contributed by atoms with E-state index in [1.54, 1.807) is 11.3 Å². The molecule has 0 saturated carbocycles. The molecule has 0 aliphatic heterocycles. The predicted molar refractivity (Wildman–Crippen MR) is 72.1 cm³/mol. The first-order valence-electron chi connectivity index (χ1n) is 5.64. The molecule has 17 heavy (non-hydrogen) atoms. The first kappa shape index (κ1) is 12.4. The molecule has 0 spiro atoms. The highest BCUT2D eigenvalue weighted by atomic mass is 32.1. The summed E-state index contributed by atoms with van der Waals surface area (Å²) in [5.74, 6) is 1.39. The van der Waals surface area contributed by atoms with Crippen LogP contribution in [0, 0.1) is 11.7 Å². The van der Waals surface area contributed by atoms with Crippen LogP contribution >= 0.6 is 23.6 Å². The van der Waals surface area contributed by atoms with Gasteiger partial charge in [-0.05, 0) is 19.1 Å². The van der Waals surface area contributed by atoms with Crippen molar-refractivity contribution in [3.05, 3.63) is 26.7 Å². The summed E-state index contributed by atoms with van der Waals surface area (Å²) in [6.45, 7) is 7.10. The molecule has 0 atom stereocenters. The fourth-order valence-corrected chi connectivity index (χ4v) is 2.71. The number of hydrogen-bond donors (Lipinski definition) is 1. The molecule has 1 N–H and O–H groups in total. The zero-order valence-electron chi connectivity index (χ0n) is 10.2. The number of thiazole rings is 1. The van der Waals surface area contributed by atoms with E-state index in [0.29, 0.717) is 10.7 Å². The van der Waals surface area contributed by atoms with Crippen LogP contribution < -0.4 is 0 Å². The molecule has 0 amide bonds. The molecule has 0 aliphatic rings. The van der Waals surface area contributed by atoms with Crippen LogP contribution in [-0.2, 0) is 13.0 Å². The average molecular weight is 268 g/mol. The molecule has 0 radical (unpaired) electrons. The van der Waals surface area contributed by atoms with E-state index in [-0.39, 0.29) is 0 Å². The molecule has 0 aromatic carbocycles. The molecule has 6 heteroatoms. The van der Waals surface area contributed by atoms with E-state index < -0.39 is 0 Å². The first-order chi connectivity index (χ1) is 8.08. The van der Waals surface area contributed by atoms with Gasteiger partial charge in [0, 0.05) is 30.0 Å². The molecule has 2 aromatic rings. The lowest BCUT2D eigenvalue weighted by Crippen LogP contribution is -2.07. The Hall–Kier alpha value is -1.01. The van der Waals surface area contributed by atoms with Crippen molar-refractivity contribution < 1.29 is 0 Å². The third-order valence-electron chi connectivity index (χ3n) is 2.52. The van der Waals surface area contributed by atoms with E-state index in [0.717, 1.165) is 29.5 Å². The van der Waals surface area contributed by atoms with Crippen molar-refractivity contribution in [3.8, 4) is 0 Å². The van der Waals surface area contributed by atoms with Crippen LogP contribution in [0.2, 0.25) is 0 Å². The smallest absolute Gasteiger partial charge is 0.195 e. The number of hydrogen-bond acceptors (Lipinski definition) is 4. The topological polar surface area (TPSA) is 46.5 Å². The van der Waals surface area contributed by atoms with Gasteiger partial charge in [0.1, 0.15) is 5.82 Å². The second-order valence-electron chi connectivity index (χ2n) is 4.33. The van der Waals surface area contributed by atoms with Gasteiger partial charge in [0.25, 0.3) is 0 Å². The second kappa shape index (κ2) is 5.10. The normalized spacial score (nSPS) is 11.3. The third-order valence-corrected chi connectivity index (χ3v) is 3.86. The summed E-state index contributed by atoms with van der Waals surface area (Å²) in [6, 6.07) is 0. The van der Waals surface area contributed by atoms with E-state index in [4.69, 9.17) is 12.2 Å². The van der Waals surface area contributed by atoms with Gasteiger partial charge in [0.15, 0.2) is 4.77 Å². The van der Waals surface area contributed by atoms with Crippen LogP contribution in [0.25, 0.3) is 0 Å². The Morgan fingerprint density at radius 1 is 1.53 bits per heavy atom. The first-order valence-corrected chi connectivity index (χ1v) is 6.93. The number of rotatable bonds is 4. The number of aromatic nitrogens is 4. The molecule has 92 valence electrons. The SMILES string of the molecule is Cc1csc(CCn2c(C(C)C)n[nH]c2=S)n1. The highest BCUT2D eigenvalue weighted by Crippen LogP contribution is 2.14. The standard InChI is InChI=1S/C11H16N4S2/c1-7(2)10-13-14-11(16)15(10)5-4-9-12-8(3)6-17-9/h6-7H,4-5H2,1-3H3,(H,14,16). The molecule has 0 aliphatic carbocycles. The molecule has 2 heterocycles. The molecule has 0 unspecified atom stereocenters. The summed E-state index contributed by atoms with van der Waals surface area (Å²) in [6.07, 6.45) is 0.909. The number of aryl methyl sites for hydroxylation is 2. The summed E-state index contributed by atoms with van der Waals surface area (Å²) in [7, 11) is 0. The molecule has 2 rings (SSSR count). The van der Waals surface area contributed by atoms with Crippen LogP contribution in [0.3, 0.4) is 0 Å². The van der Waals surface area contributed by atoms with Crippen molar-refractivity contribution in [2.45, 2.75) is 39.7 Å². The van der Waals surface area contributed by atoms with Gasteiger partial charge in [-0.15, -0.1) is 11.3 Å². The number of nitrogens with one attached hydrogen (secondary N) is 1. The monoisotopic (exact) mass is 268 g/mol. The van der Waals surface area contributed by atoms with E-state index in [9.17, 15) is 0 Å². The Balaban J connectivity index is 2.13. The molecule has 0 fully saturated rings. The number of H-pyrrole nitrogens is 1. The minimum absolute atomic E-state index is 0.376. The van der Waals surface area contributed by atoms with Crippen molar-refractivity contribution in [1.29, 1.82) is 0 Å². The van der Waals surface area contributed by atoms with Crippen molar-refractivity contribution in [1.82, 2.24) is 19.7 Å². The highest BCUT2D eigenvalue weighted by molar-refractivity contribution is 7.71. The van der Waals surface area contributed by atoms with Gasteiger partial charge >= 0.3 is 0 Å². The number of nitrogens with zero attached hydrogens (tertiary/aromatic N) is 3. The minimum Gasteiger partial charge on any atom is -0.304 e. The fraction of sp³-hybridized carbons (Fsp3) is 0.545. The van der Waals surface area contributed by atoms with Gasteiger partial charge in [-0.2, -0.15) is 5.10 Å². The Kier molecular flexibility index (Phi) is 3.73. The number of aromatic amines is 1. The molecular weight excluding hydrogens is 252 g/mol.